The van der Waals surface area contributed by atoms with Gasteiger partial charge in [-0.05, 0) is 18.2 Å². The summed E-state index contributed by atoms with van der Waals surface area (Å²) in [6.07, 6.45) is 2.88. The van der Waals surface area contributed by atoms with Gasteiger partial charge in [0.05, 0.1) is 11.8 Å². The molecule has 0 spiro atoms. The molecular weight excluding hydrogens is 206 g/mol. The summed E-state index contributed by atoms with van der Waals surface area (Å²) < 4.78 is 0. The Morgan fingerprint density at radius 2 is 2.19 bits per heavy atom. The molecule has 6 nitrogen and oxygen atoms in total. The minimum atomic E-state index is -0.848. The number of hydrogen-bond acceptors (Lipinski definition) is 5. The Bertz CT molecular complexity index is 523. The molecule has 1 atom stereocenters. The van der Waals surface area contributed by atoms with Crippen LogP contribution < -0.4 is 5.73 Å². The second-order valence-corrected chi connectivity index (χ2v) is 3.17. The molecule has 0 radical (unpaired) electrons. The fraction of sp³-hybridized carbons (Fsp3) is 0.100. The number of hydrogen-bond donors (Lipinski definition) is 1. The number of rotatable bonds is 1. The summed E-state index contributed by atoms with van der Waals surface area (Å²) in [5.41, 5.74) is 6.53. The van der Waals surface area contributed by atoms with E-state index < -0.39 is 11.8 Å². The minimum Gasteiger partial charge on any atom is -0.382 e. The van der Waals surface area contributed by atoms with E-state index in [1.807, 2.05) is 6.07 Å². The molecule has 1 aromatic rings. The molecular formula is C10H7N5O. The lowest BCUT2D eigenvalue weighted by atomic mass is 10.0. The summed E-state index contributed by atoms with van der Waals surface area (Å²) in [5.74, 6) is -1.00. The number of carbonyl (C=O) groups is 1. The van der Waals surface area contributed by atoms with E-state index >= 15 is 0 Å². The normalized spacial score (nSPS) is 19.1. The van der Waals surface area contributed by atoms with Crippen molar-refractivity contribution in [1.29, 1.82) is 5.26 Å². The summed E-state index contributed by atoms with van der Waals surface area (Å²) >= 11 is 0. The van der Waals surface area contributed by atoms with Gasteiger partial charge in [-0.25, -0.2) is 4.99 Å². The number of dihydropyridines is 1. The van der Waals surface area contributed by atoms with Crippen molar-refractivity contribution in [3.05, 3.63) is 23.9 Å². The number of nitrogens with two attached hydrogens (primary N) is 1. The number of allylic oxidation sites excluding steroid dienone is 1. The highest BCUT2D eigenvalue weighted by atomic mass is 16.1. The first-order valence-electron chi connectivity index (χ1n) is 4.49. The van der Waals surface area contributed by atoms with E-state index in [9.17, 15) is 4.79 Å². The first kappa shape index (κ1) is 9.98. The van der Waals surface area contributed by atoms with Crippen molar-refractivity contribution in [2.24, 2.45) is 10.9 Å². The van der Waals surface area contributed by atoms with Crippen molar-refractivity contribution in [1.82, 2.24) is 10.2 Å². The van der Waals surface area contributed by atoms with E-state index in [-0.39, 0.29) is 0 Å². The Labute approximate surface area is 91.1 Å². The van der Waals surface area contributed by atoms with Crippen molar-refractivity contribution < 1.29 is 4.79 Å². The van der Waals surface area contributed by atoms with E-state index in [2.05, 4.69) is 15.2 Å². The van der Waals surface area contributed by atoms with Crippen LogP contribution >= 0.6 is 0 Å². The molecule has 0 bridgehead atoms. The second-order valence-electron chi connectivity index (χ2n) is 3.17. The maximum absolute atomic E-state index is 11.1. The molecule has 0 aliphatic carbocycles. The zero-order valence-corrected chi connectivity index (χ0v) is 8.16. The quantitative estimate of drug-likeness (QED) is 0.716. The molecule has 16 heavy (non-hydrogen) atoms. The average Bonchev–Trinajstić information content (AvgIpc) is 2.31. The van der Waals surface area contributed by atoms with E-state index in [1.165, 1.54) is 12.3 Å². The fourth-order valence-electron chi connectivity index (χ4n) is 1.25. The Balaban J connectivity index is 2.36. The Hall–Kier alpha value is -2.55. The van der Waals surface area contributed by atoms with E-state index in [4.69, 9.17) is 11.0 Å². The van der Waals surface area contributed by atoms with Crippen molar-refractivity contribution >= 4 is 23.5 Å². The number of nitrogen functional groups attached to an aromatic ring is 1. The SMILES string of the molecule is N#CC1C=C(c2ccc(N)nn2)C=NC1=O. The molecule has 0 aromatic carbocycles. The first-order chi connectivity index (χ1) is 7.70. The van der Waals surface area contributed by atoms with Gasteiger partial charge in [0.25, 0.3) is 5.91 Å². The molecule has 78 valence electrons. The lowest BCUT2D eigenvalue weighted by molar-refractivity contribution is -0.118. The van der Waals surface area contributed by atoms with Crippen LogP contribution in [0.15, 0.2) is 23.2 Å². The molecule has 2 heterocycles. The number of nitrogens with zero attached hydrogens (tertiary/aromatic N) is 4. The number of anilines is 1. The van der Waals surface area contributed by atoms with Crippen molar-refractivity contribution in [3.8, 4) is 6.07 Å². The molecule has 2 N–H and O–H groups in total. The van der Waals surface area contributed by atoms with Crippen LogP contribution in [0.5, 0.6) is 0 Å². The molecule has 1 amide bonds. The van der Waals surface area contributed by atoms with Crippen LogP contribution in [0, 0.1) is 17.2 Å². The summed E-state index contributed by atoms with van der Waals surface area (Å²) in [7, 11) is 0. The first-order valence-corrected chi connectivity index (χ1v) is 4.49. The molecule has 0 fully saturated rings. The number of aromatic nitrogens is 2. The summed E-state index contributed by atoms with van der Waals surface area (Å²) in [4.78, 5) is 14.7. The van der Waals surface area contributed by atoms with Gasteiger partial charge in [0, 0.05) is 11.8 Å². The predicted octanol–water partition coefficient (Wildman–Crippen LogP) is 0.193. The third kappa shape index (κ3) is 1.79. The zero-order chi connectivity index (χ0) is 11.5. The second kappa shape index (κ2) is 3.90. The summed E-state index contributed by atoms with van der Waals surface area (Å²) in [6.45, 7) is 0. The van der Waals surface area contributed by atoms with Crippen LogP contribution in [0.2, 0.25) is 0 Å². The Morgan fingerprint density at radius 3 is 2.81 bits per heavy atom. The highest BCUT2D eigenvalue weighted by molar-refractivity contribution is 6.16. The molecule has 1 aliphatic rings. The third-order valence-corrected chi connectivity index (χ3v) is 2.06. The Kier molecular flexibility index (Phi) is 2.44. The van der Waals surface area contributed by atoms with E-state index in [1.54, 1.807) is 12.1 Å². The number of aliphatic imine (C=N–C) groups is 1. The van der Waals surface area contributed by atoms with Crippen LogP contribution in [-0.2, 0) is 4.79 Å². The maximum atomic E-state index is 11.1. The zero-order valence-electron chi connectivity index (χ0n) is 8.16. The third-order valence-electron chi connectivity index (χ3n) is 2.06. The van der Waals surface area contributed by atoms with Crippen LogP contribution in [0.3, 0.4) is 0 Å². The van der Waals surface area contributed by atoms with Crippen LogP contribution in [-0.4, -0.2) is 22.3 Å². The largest absolute Gasteiger partial charge is 0.382 e. The smallest absolute Gasteiger partial charge is 0.266 e. The van der Waals surface area contributed by atoms with Crippen LogP contribution in [0.25, 0.3) is 5.57 Å². The fourth-order valence-corrected chi connectivity index (χ4v) is 1.25. The number of nitriles is 1. The van der Waals surface area contributed by atoms with Crippen LogP contribution in [0.1, 0.15) is 5.69 Å². The van der Waals surface area contributed by atoms with Gasteiger partial charge in [-0.1, -0.05) is 0 Å². The van der Waals surface area contributed by atoms with Gasteiger partial charge in [-0.2, -0.15) is 5.26 Å². The van der Waals surface area contributed by atoms with Gasteiger partial charge in [-0.3, -0.25) is 4.79 Å². The van der Waals surface area contributed by atoms with Gasteiger partial charge in [-0.15, -0.1) is 10.2 Å². The Morgan fingerprint density at radius 1 is 1.38 bits per heavy atom. The van der Waals surface area contributed by atoms with E-state index in [0.717, 1.165) is 0 Å². The molecule has 1 unspecified atom stereocenters. The van der Waals surface area contributed by atoms with Gasteiger partial charge in [0.2, 0.25) is 0 Å². The topological polar surface area (TPSA) is 105 Å². The van der Waals surface area contributed by atoms with E-state index in [0.29, 0.717) is 17.1 Å². The van der Waals surface area contributed by atoms with Crippen LogP contribution in [0.4, 0.5) is 5.82 Å². The van der Waals surface area contributed by atoms with Gasteiger partial charge in [0.15, 0.2) is 0 Å². The van der Waals surface area contributed by atoms with Crippen molar-refractivity contribution in [2.45, 2.75) is 0 Å². The minimum absolute atomic E-state index is 0.310. The molecule has 0 saturated carbocycles. The van der Waals surface area contributed by atoms with Crippen molar-refractivity contribution in [3.63, 3.8) is 0 Å². The number of amides is 1. The molecule has 0 saturated heterocycles. The summed E-state index contributed by atoms with van der Waals surface area (Å²) in [5, 5.41) is 16.2. The molecule has 1 aromatic heterocycles. The summed E-state index contributed by atoms with van der Waals surface area (Å²) in [6, 6.07) is 5.10. The monoisotopic (exact) mass is 213 g/mol. The molecule has 1 aliphatic heterocycles. The average molecular weight is 213 g/mol. The van der Waals surface area contributed by atoms with Gasteiger partial charge in [0.1, 0.15) is 11.7 Å². The highest BCUT2D eigenvalue weighted by Crippen LogP contribution is 2.17. The standard InChI is InChI=1S/C10H7N5O/c11-4-6-3-7(5-13-10(6)16)8-1-2-9(12)15-14-8/h1-3,5-6H,(H2,12,15). The highest BCUT2D eigenvalue weighted by Gasteiger charge is 2.19. The predicted molar refractivity (Wildman–Crippen MR) is 57.0 cm³/mol. The lowest BCUT2D eigenvalue weighted by Crippen LogP contribution is -2.13. The van der Waals surface area contributed by atoms with Gasteiger partial charge < -0.3 is 5.73 Å². The molecule has 2 rings (SSSR count). The lowest BCUT2D eigenvalue weighted by Gasteiger charge is -2.07. The van der Waals surface area contributed by atoms with Crippen molar-refractivity contribution in [2.75, 3.05) is 5.73 Å². The maximum Gasteiger partial charge on any atom is 0.266 e. The number of carbonyl (C=O) groups excluding carboxylic acids is 1. The molecule has 6 heteroatoms. The van der Waals surface area contributed by atoms with Gasteiger partial charge >= 0.3 is 0 Å².